The van der Waals surface area contributed by atoms with Gasteiger partial charge in [-0.25, -0.2) is 0 Å². The molecule has 0 saturated carbocycles. The molecule has 0 aromatic carbocycles. The summed E-state index contributed by atoms with van der Waals surface area (Å²) in [7, 11) is 0. The van der Waals surface area contributed by atoms with Gasteiger partial charge < -0.3 is 20.8 Å². The Balaban J connectivity index is -0.000000712. The van der Waals surface area contributed by atoms with Crippen molar-refractivity contribution in [3.63, 3.8) is 0 Å². The Labute approximate surface area is 163 Å². The van der Waals surface area contributed by atoms with Crippen LogP contribution in [-0.2, 0) is 17.1 Å². The summed E-state index contributed by atoms with van der Waals surface area (Å²) in [6.45, 7) is 6.16. The second kappa shape index (κ2) is 21.9. The van der Waals surface area contributed by atoms with Gasteiger partial charge >= 0.3 is 17.1 Å². The molecule has 0 aromatic rings. The van der Waals surface area contributed by atoms with Crippen LogP contribution < -0.4 is 15.9 Å². The third-order valence-corrected chi connectivity index (χ3v) is 3.58. The molecule has 4 nitrogen and oxygen atoms in total. The average molecular weight is 412 g/mol. The number of nitrogens with two attached hydrogens (primary N) is 1. The van der Waals surface area contributed by atoms with Crippen LogP contribution >= 0.6 is 24.4 Å². The second-order valence-corrected chi connectivity index (χ2v) is 6.15. The quantitative estimate of drug-likeness (QED) is 0.302. The molecule has 0 rings (SSSR count). The zero-order valence-electron chi connectivity index (χ0n) is 14.4. The average Bonchev–Trinajstić information content (AvgIpc) is 2.43. The van der Waals surface area contributed by atoms with Crippen LogP contribution in [0.5, 0.6) is 0 Å². The number of hydrogen-bond donors (Lipinski definition) is 1. The van der Waals surface area contributed by atoms with Gasteiger partial charge in [0.25, 0.3) is 0 Å². The molecule has 7 heteroatoms. The molecular formula is C16H32CuN2O2S2. The van der Waals surface area contributed by atoms with Gasteiger partial charge in [-0.2, -0.15) is 0 Å². The molecule has 0 aliphatic rings. The van der Waals surface area contributed by atoms with Gasteiger partial charge in [-0.05, 0) is 12.8 Å². The first-order valence-corrected chi connectivity index (χ1v) is 9.19. The van der Waals surface area contributed by atoms with Gasteiger partial charge in [0.15, 0.2) is 0 Å². The van der Waals surface area contributed by atoms with Gasteiger partial charge in [0, 0.05) is 23.4 Å². The first kappa shape index (κ1) is 27.7. The van der Waals surface area contributed by atoms with Gasteiger partial charge in [-0.15, -0.1) is 0 Å². The predicted octanol–water partition coefficient (Wildman–Crippen LogP) is 2.46. The largest absolute Gasteiger partial charge is 2.00 e. The van der Waals surface area contributed by atoms with Crippen LogP contribution in [0.2, 0.25) is 0 Å². The molecule has 0 fully saturated rings. The van der Waals surface area contributed by atoms with E-state index in [2.05, 4.69) is 31.8 Å². The summed E-state index contributed by atoms with van der Waals surface area (Å²) >= 11 is 8.55. The predicted molar refractivity (Wildman–Crippen MR) is 98.5 cm³/mol. The normalized spacial score (nSPS) is 9.30. The Bertz CT molecular complexity index is 265. The Hall–Kier alpha value is -0.101. The van der Waals surface area contributed by atoms with Gasteiger partial charge in [-0.3, -0.25) is 0 Å². The Kier molecular flexibility index (Phi) is 26.4. The maximum absolute atomic E-state index is 11.3. The molecule has 141 valence electrons. The summed E-state index contributed by atoms with van der Waals surface area (Å²) in [6, 6.07) is 0. The summed E-state index contributed by atoms with van der Waals surface area (Å²) in [5.74, 6) is 0. The molecule has 0 unspecified atom stereocenters. The smallest absolute Gasteiger partial charge is 0.852 e. The first-order valence-electron chi connectivity index (χ1n) is 8.38. The minimum Gasteiger partial charge on any atom is -0.852 e. The summed E-state index contributed by atoms with van der Waals surface area (Å²) in [6.07, 6.45) is 12.4. The van der Waals surface area contributed by atoms with Crippen molar-refractivity contribution < 1.29 is 27.3 Å². The first-order chi connectivity index (χ1) is 10.5. The van der Waals surface area contributed by atoms with Crippen molar-refractivity contribution in [2.24, 2.45) is 5.73 Å². The third-order valence-electron chi connectivity index (χ3n) is 3.32. The Morgan fingerprint density at radius 3 is 1.35 bits per heavy atom. The van der Waals surface area contributed by atoms with E-state index in [4.69, 9.17) is 17.3 Å². The number of rotatable bonds is 12. The van der Waals surface area contributed by atoms with Crippen molar-refractivity contribution in [2.45, 2.75) is 78.1 Å². The summed E-state index contributed by atoms with van der Waals surface area (Å²) in [5, 5.41) is 19.4. The van der Waals surface area contributed by atoms with E-state index in [0.29, 0.717) is 0 Å². The molecule has 0 spiro atoms. The van der Waals surface area contributed by atoms with Crippen molar-refractivity contribution in [1.82, 2.24) is 4.90 Å². The standard InChI is InChI=1S/C15H31NOS.CH3NOS.Cu/c1-3-5-7-9-11-13-16(15(17)18)14-12-10-8-6-4-2;2-1(3)4;/h3-14H2,1-2H3,(H,17,18);(H3,2,3,4);/q;;+2/p-2. The van der Waals surface area contributed by atoms with E-state index in [-0.39, 0.29) is 22.2 Å². The van der Waals surface area contributed by atoms with Crippen molar-refractivity contribution >= 4 is 34.8 Å². The third kappa shape index (κ3) is 27.1. The van der Waals surface area contributed by atoms with Crippen LogP contribution in [0.3, 0.4) is 0 Å². The molecular weight excluding hydrogens is 380 g/mol. The van der Waals surface area contributed by atoms with Gasteiger partial charge in [0.1, 0.15) is 0 Å². The fraction of sp³-hybridized carbons (Fsp3) is 0.875. The van der Waals surface area contributed by atoms with Crippen LogP contribution in [0.4, 0.5) is 0 Å². The van der Waals surface area contributed by atoms with Crippen LogP contribution in [0.1, 0.15) is 78.1 Å². The van der Waals surface area contributed by atoms with Crippen LogP contribution in [0.25, 0.3) is 0 Å². The van der Waals surface area contributed by atoms with E-state index in [0.717, 1.165) is 25.9 Å². The van der Waals surface area contributed by atoms with E-state index < -0.39 is 5.17 Å². The fourth-order valence-corrected chi connectivity index (χ4v) is 2.29. The van der Waals surface area contributed by atoms with Gasteiger partial charge in [-0.1, -0.05) is 89.6 Å². The van der Waals surface area contributed by atoms with E-state index in [1.54, 1.807) is 0 Å². The molecule has 0 atom stereocenters. The van der Waals surface area contributed by atoms with Crippen LogP contribution in [0.15, 0.2) is 0 Å². The Morgan fingerprint density at radius 1 is 0.783 bits per heavy atom. The summed E-state index contributed by atoms with van der Waals surface area (Å²) in [4.78, 5) is 1.85. The van der Waals surface area contributed by atoms with E-state index in [1.165, 1.54) is 51.4 Å². The molecule has 0 heterocycles. The van der Waals surface area contributed by atoms with E-state index in [1.807, 2.05) is 4.90 Å². The maximum atomic E-state index is 11.3. The minimum atomic E-state index is -0.750. The molecule has 2 N–H and O–H groups in total. The summed E-state index contributed by atoms with van der Waals surface area (Å²) in [5.41, 5.74) is 4.29. The second-order valence-electron chi connectivity index (χ2n) is 5.40. The summed E-state index contributed by atoms with van der Waals surface area (Å²) < 4.78 is 0. The SMILES string of the molecule is CCCCCCCN(CCCCCCC)C([O-])=S.NC([O-])=S.[Cu+2]. The van der Waals surface area contributed by atoms with Crippen molar-refractivity contribution in [2.75, 3.05) is 13.1 Å². The van der Waals surface area contributed by atoms with E-state index >= 15 is 0 Å². The molecule has 0 aliphatic carbocycles. The van der Waals surface area contributed by atoms with Crippen molar-refractivity contribution in [3.05, 3.63) is 0 Å². The topological polar surface area (TPSA) is 75.4 Å². The molecule has 0 amide bonds. The van der Waals surface area contributed by atoms with Gasteiger partial charge in [0.05, 0.1) is 0 Å². The van der Waals surface area contributed by atoms with Gasteiger partial charge in [0.2, 0.25) is 0 Å². The molecule has 1 radical (unpaired) electrons. The van der Waals surface area contributed by atoms with Crippen molar-refractivity contribution in [1.29, 1.82) is 0 Å². The van der Waals surface area contributed by atoms with E-state index in [9.17, 15) is 5.11 Å². The number of nitrogens with zero attached hydrogens (tertiary/aromatic N) is 1. The zero-order chi connectivity index (χ0) is 17.2. The molecule has 23 heavy (non-hydrogen) atoms. The molecule has 0 bridgehead atoms. The zero-order valence-corrected chi connectivity index (χ0v) is 17.0. The number of hydrogen-bond acceptors (Lipinski definition) is 4. The van der Waals surface area contributed by atoms with Crippen LogP contribution in [-0.4, -0.2) is 28.3 Å². The fourth-order valence-electron chi connectivity index (χ4n) is 2.11. The molecule has 0 aromatic heterocycles. The molecule has 0 saturated heterocycles. The maximum Gasteiger partial charge on any atom is 2.00 e. The van der Waals surface area contributed by atoms with Crippen LogP contribution in [0, 0.1) is 0 Å². The number of unbranched alkanes of at least 4 members (excludes halogenated alkanes) is 8. The molecule has 0 aliphatic heterocycles. The number of thiocarbonyl (C=S) groups is 2. The monoisotopic (exact) mass is 411 g/mol. The minimum absolute atomic E-state index is 0. The Morgan fingerprint density at radius 2 is 1.09 bits per heavy atom. The van der Waals surface area contributed by atoms with Crippen molar-refractivity contribution in [3.8, 4) is 0 Å².